The molecule has 4 fully saturated rings. The minimum atomic E-state index is -0.0554. The Balaban J connectivity index is 1.69. The third kappa shape index (κ3) is 1.88. The summed E-state index contributed by atoms with van der Waals surface area (Å²) in [5.41, 5.74) is 0.207. The largest absolute Gasteiger partial charge is 0.342 e. The smallest absolute Gasteiger partial charge is 0.222 e. The highest BCUT2D eigenvalue weighted by atomic mass is 16.2. The fourth-order valence-corrected chi connectivity index (χ4v) is 7.43. The van der Waals surface area contributed by atoms with Crippen molar-refractivity contribution in [3.05, 3.63) is 0 Å². The molecule has 3 aliphatic carbocycles. The van der Waals surface area contributed by atoms with Crippen LogP contribution in [0.3, 0.4) is 0 Å². The van der Waals surface area contributed by atoms with Crippen molar-refractivity contribution in [2.24, 2.45) is 34.5 Å². The van der Waals surface area contributed by atoms with Crippen LogP contribution in [-0.2, 0) is 9.59 Å². The zero-order valence-corrected chi connectivity index (χ0v) is 15.1. The molecule has 128 valence electrons. The van der Waals surface area contributed by atoms with Crippen molar-refractivity contribution in [3.8, 4) is 0 Å². The van der Waals surface area contributed by atoms with Crippen LogP contribution in [0.4, 0.5) is 0 Å². The molecule has 1 saturated heterocycles. The van der Waals surface area contributed by atoms with E-state index in [1.54, 1.807) is 0 Å². The Morgan fingerprint density at radius 1 is 1.09 bits per heavy atom. The van der Waals surface area contributed by atoms with Crippen LogP contribution in [-0.4, -0.2) is 29.7 Å². The predicted molar refractivity (Wildman–Crippen MR) is 89.7 cm³/mol. The van der Waals surface area contributed by atoms with Gasteiger partial charge in [-0.05, 0) is 61.2 Å². The van der Waals surface area contributed by atoms with E-state index >= 15 is 0 Å². The maximum absolute atomic E-state index is 12.6. The second-order valence-corrected chi connectivity index (χ2v) is 9.46. The highest BCUT2D eigenvalue weighted by Crippen LogP contribution is 2.64. The van der Waals surface area contributed by atoms with Crippen molar-refractivity contribution < 1.29 is 9.59 Å². The molecule has 0 aromatic heterocycles. The highest BCUT2D eigenvalue weighted by Gasteiger charge is 2.62. The Bertz CT molecular complexity index is 558. The zero-order valence-electron chi connectivity index (χ0n) is 15.1. The molecule has 0 aromatic rings. The van der Waals surface area contributed by atoms with Gasteiger partial charge in [0, 0.05) is 31.3 Å². The third-order valence-electron chi connectivity index (χ3n) is 8.57. The number of amides is 1. The fourth-order valence-electron chi connectivity index (χ4n) is 7.43. The number of hydrogen-bond donors (Lipinski definition) is 0. The van der Waals surface area contributed by atoms with Crippen LogP contribution < -0.4 is 0 Å². The van der Waals surface area contributed by atoms with Crippen LogP contribution >= 0.6 is 0 Å². The summed E-state index contributed by atoms with van der Waals surface area (Å²) in [6.07, 6.45) is 7.15. The van der Waals surface area contributed by atoms with Crippen molar-refractivity contribution in [1.82, 2.24) is 4.90 Å². The van der Waals surface area contributed by atoms with Crippen molar-refractivity contribution in [1.29, 1.82) is 0 Å². The molecule has 0 bridgehead atoms. The first-order valence-corrected chi connectivity index (χ1v) is 9.58. The van der Waals surface area contributed by atoms with Gasteiger partial charge in [-0.3, -0.25) is 9.59 Å². The van der Waals surface area contributed by atoms with Crippen molar-refractivity contribution >= 4 is 11.7 Å². The minimum absolute atomic E-state index is 0.0554. The molecule has 7 atom stereocenters. The molecule has 4 rings (SSSR count). The topological polar surface area (TPSA) is 37.4 Å². The number of likely N-dealkylation sites (tertiary alicyclic amines) is 1. The van der Waals surface area contributed by atoms with Gasteiger partial charge in [-0.2, -0.15) is 0 Å². The van der Waals surface area contributed by atoms with E-state index in [0.717, 1.165) is 25.7 Å². The number of hydrogen-bond acceptors (Lipinski definition) is 2. The van der Waals surface area contributed by atoms with Gasteiger partial charge in [0.25, 0.3) is 0 Å². The molecule has 0 N–H and O–H groups in total. The molecule has 1 aliphatic heterocycles. The number of nitrogens with zero attached hydrogens (tertiary/aromatic N) is 1. The molecule has 1 heterocycles. The van der Waals surface area contributed by atoms with Crippen molar-refractivity contribution in [2.75, 3.05) is 7.05 Å². The van der Waals surface area contributed by atoms with E-state index in [4.69, 9.17) is 0 Å². The van der Waals surface area contributed by atoms with Crippen LogP contribution in [0.25, 0.3) is 0 Å². The Kier molecular flexibility index (Phi) is 3.29. The SMILES string of the molecule is CC1CC(=O)[C@@]2(C)CC[C@@H]3[C@@H](CCC4N(C)C(=O)CC[C@@]43C)[C@H]12. The van der Waals surface area contributed by atoms with Crippen LogP contribution in [0.2, 0.25) is 0 Å². The van der Waals surface area contributed by atoms with Gasteiger partial charge < -0.3 is 4.90 Å². The molecular weight excluding hydrogens is 286 g/mol. The third-order valence-corrected chi connectivity index (χ3v) is 8.57. The quantitative estimate of drug-likeness (QED) is 0.683. The first-order chi connectivity index (χ1) is 10.8. The van der Waals surface area contributed by atoms with E-state index in [1.165, 1.54) is 12.8 Å². The molecule has 23 heavy (non-hydrogen) atoms. The number of rotatable bonds is 0. The lowest BCUT2D eigenvalue weighted by molar-refractivity contribution is -0.160. The van der Waals surface area contributed by atoms with Crippen molar-refractivity contribution in [3.63, 3.8) is 0 Å². The van der Waals surface area contributed by atoms with Gasteiger partial charge in [-0.25, -0.2) is 0 Å². The first-order valence-electron chi connectivity index (χ1n) is 9.58. The fraction of sp³-hybridized carbons (Fsp3) is 0.900. The molecule has 0 radical (unpaired) electrons. The summed E-state index contributed by atoms with van der Waals surface area (Å²) in [6, 6.07) is 0.418. The lowest BCUT2D eigenvalue weighted by Crippen LogP contribution is -2.61. The van der Waals surface area contributed by atoms with Crippen molar-refractivity contribution in [2.45, 2.75) is 71.8 Å². The van der Waals surface area contributed by atoms with E-state index < -0.39 is 0 Å². The Morgan fingerprint density at radius 2 is 1.83 bits per heavy atom. The summed E-state index contributed by atoms with van der Waals surface area (Å²) in [5, 5.41) is 0. The second-order valence-electron chi connectivity index (χ2n) is 9.46. The summed E-state index contributed by atoms with van der Waals surface area (Å²) in [7, 11) is 2.01. The molecular formula is C20H31NO2. The minimum Gasteiger partial charge on any atom is -0.342 e. The standard InChI is InChI=1S/C20H31NO2/c1-12-11-16(22)20(3)9-7-14-13(18(12)20)5-6-15-19(14,2)10-8-17(23)21(15)4/h12-15,18H,5-11H2,1-4H3/t12?,13-,14-,15?,18+,19-,20-/m1/s1. The van der Waals surface area contributed by atoms with Crippen LogP contribution in [0.15, 0.2) is 0 Å². The molecule has 4 aliphatic rings. The van der Waals surface area contributed by atoms with E-state index in [1.807, 2.05) is 7.05 Å². The van der Waals surface area contributed by atoms with Gasteiger partial charge in [0.1, 0.15) is 5.78 Å². The maximum Gasteiger partial charge on any atom is 0.222 e. The molecule has 0 spiro atoms. The summed E-state index contributed by atoms with van der Waals surface area (Å²) >= 11 is 0. The van der Waals surface area contributed by atoms with Gasteiger partial charge in [0.05, 0.1) is 0 Å². The lowest BCUT2D eigenvalue weighted by atomic mass is 9.47. The molecule has 1 amide bonds. The number of carbonyl (C=O) groups is 2. The second kappa shape index (κ2) is 4.83. The first kappa shape index (κ1) is 15.7. The van der Waals surface area contributed by atoms with E-state index in [2.05, 4.69) is 25.7 Å². The molecule has 3 heteroatoms. The molecule has 0 aromatic carbocycles. The number of carbonyl (C=O) groups excluding carboxylic acids is 2. The molecule has 3 saturated carbocycles. The number of Topliss-reactive ketones (excluding diaryl/α,β-unsaturated/α-hetero) is 1. The Morgan fingerprint density at radius 3 is 2.57 bits per heavy atom. The normalized spacial score (nSPS) is 52.9. The lowest BCUT2D eigenvalue weighted by Gasteiger charge is -2.61. The molecule has 2 unspecified atom stereocenters. The average Bonchev–Trinajstić information content (AvgIpc) is 2.73. The van der Waals surface area contributed by atoms with Crippen LogP contribution in [0.5, 0.6) is 0 Å². The Labute approximate surface area is 140 Å². The summed E-state index contributed by atoms with van der Waals surface area (Å²) in [4.78, 5) is 26.8. The summed E-state index contributed by atoms with van der Waals surface area (Å²) < 4.78 is 0. The monoisotopic (exact) mass is 317 g/mol. The maximum atomic E-state index is 12.6. The van der Waals surface area contributed by atoms with Crippen LogP contribution in [0, 0.1) is 34.5 Å². The van der Waals surface area contributed by atoms with E-state index in [9.17, 15) is 9.59 Å². The van der Waals surface area contributed by atoms with E-state index in [0.29, 0.717) is 47.8 Å². The molecule has 3 nitrogen and oxygen atoms in total. The summed E-state index contributed by atoms with van der Waals surface area (Å²) in [6.45, 7) is 7.01. The predicted octanol–water partition coefficient (Wildman–Crippen LogP) is 3.66. The number of fused-ring (bicyclic) bond motifs is 5. The van der Waals surface area contributed by atoms with E-state index in [-0.39, 0.29) is 10.8 Å². The number of ketones is 1. The van der Waals surface area contributed by atoms with Gasteiger partial charge in [-0.15, -0.1) is 0 Å². The van der Waals surface area contributed by atoms with Gasteiger partial charge in [0.15, 0.2) is 0 Å². The van der Waals surface area contributed by atoms with Gasteiger partial charge in [-0.1, -0.05) is 20.8 Å². The van der Waals surface area contributed by atoms with Crippen LogP contribution in [0.1, 0.15) is 65.7 Å². The van der Waals surface area contributed by atoms with Gasteiger partial charge >= 0.3 is 0 Å². The Hall–Kier alpha value is -0.860. The highest BCUT2D eigenvalue weighted by molar-refractivity contribution is 5.87. The number of piperidine rings is 1. The zero-order chi connectivity index (χ0) is 16.6. The van der Waals surface area contributed by atoms with Gasteiger partial charge in [0.2, 0.25) is 5.91 Å². The average molecular weight is 317 g/mol. The summed E-state index contributed by atoms with van der Waals surface area (Å²) in [5.74, 6) is 3.37.